The highest BCUT2D eigenvalue weighted by Gasteiger charge is 2.50. The highest BCUT2D eigenvalue weighted by Crippen LogP contribution is 2.56. The number of carbonyl (C=O) groups excluding carboxylic acids is 2. The average molecular weight is 328 g/mol. The molecule has 0 fully saturated rings. The zero-order chi connectivity index (χ0) is 17.8. The molecule has 0 spiro atoms. The van der Waals surface area contributed by atoms with Gasteiger partial charge in [0.25, 0.3) is 0 Å². The van der Waals surface area contributed by atoms with Crippen LogP contribution in [-0.2, 0) is 14.4 Å². The number of carboxylic acid groups (broad SMARTS) is 1. The number of aliphatic carboxylic acids is 1. The Bertz CT molecular complexity index is 748. The Morgan fingerprint density at radius 1 is 1.29 bits per heavy atom. The Morgan fingerprint density at radius 2 is 1.96 bits per heavy atom. The molecule has 0 aromatic carbocycles. The molecule has 0 aliphatic heterocycles. The molecular formula is C20H24O4. The second-order valence-corrected chi connectivity index (χ2v) is 7.78. The zero-order valence-electron chi connectivity index (χ0n) is 14.7. The van der Waals surface area contributed by atoms with Crippen LogP contribution in [0.4, 0.5) is 0 Å². The van der Waals surface area contributed by atoms with Crippen molar-refractivity contribution in [1.82, 2.24) is 0 Å². The van der Waals surface area contributed by atoms with E-state index in [4.69, 9.17) is 0 Å². The summed E-state index contributed by atoms with van der Waals surface area (Å²) in [6.45, 7) is 7.78. The van der Waals surface area contributed by atoms with E-state index in [0.29, 0.717) is 41.6 Å². The van der Waals surface area contributed by atoms with Crippen molar-refractivity contribution in [2.75, 3.05) is 0 Å². The van der Waals surface area contributed by atoms with Gasteiger partial charge in [0.1, 0.15) is 0 Å². The van der Waals surface area contributed by atoms with Gasteiger partial charge in [-0.3, -0.25) is 9.59 Å². The summed E-state index contributed by atoms with van der Waals surface area (Å²) in [4.78, 5) is 37.1. The van der Waals surface area contributed by atoms with E-state index in [2.05, 4.69) is 0 Å². The lowest BCUT2D eigenvalue weighted by Gasteiger charge is -2.48. The van der Waals surface area contributed by atoms with Gasteiger partial charge in [-0.25, -0.2) is 4.79 Å². The first-order valence-corrected chi connectivity index (χ1v) is 8.65. The molecule has 2 unspecified atom stereocenters. The Labute approximate surface area is 142 Å². The van der Waals surface area contributed by atoms with Crippen molar-refractivity contribution >= 4 is 17.5 Å². The molecule has 3 rings (SSSR count). The SMILES string of the molecule is CC1=C(C(=O)O)CCC2(C)C3=C(CCC12)C(=O)C(C(C)C)=CC3=O. The molecule has 3 aliphatic carbocycles. The molecule has 4 nitrogen and oxygen atoms in total. The fourth-order valence-corrected chi connectivity index (χ4v) is 4.85. The second-order valence-electron chi connectivity index (χ2n) is 7.78. The van der Waals surface area contributed by atoms with Crippen molar-refractivity contribution in [3.8, 4) is 0 Å². The summed E-state index contributed by atoms with van der Waals surface area (Å²) in [5, 5.41) is 9.40. The number of hydrogen-bond donors (Lipinski definition) is 1. The fourth-order valence-electron chi connectivity index (χ4n) is 4.85. The van der Waals surface area contributed by atoms with Crippen LogP contribution in [0.5, 0.6) is 0 Å². The highest BCUT2D eigenvalue weighted by atomic mass is 16.4. The summed E-state index contributed by atoms with van der Waals surface area (Å²) < 4.78 is 0. The van der Waals surface area contributed by atoms with Gasteiger partial charge in [-0.15, -0.1) is 0 Å². The predicted octanol–water partition coefficient (Wildman–Crippen LogP) is 3.63. The van der Waals surface area contributed by atoms with E-state index in [1.807, 2.05) is 27.7 Å². The molecule has 0 bridgehead atoms. The second kappa shape index (κ2) is 5.54. The lowest BCUT2D eigenvalue weighted by atomic mass is 9.54. The smallest absolute Gasteiger partial charge is 0.331 e. The van der Waals surface area contributed by atoms with Crippen LogP contribution in [0.25, 0.3) is 0 Å². The monoisotopic (exact) mass is 328 g/mol. The van der Waals surface area contributed by atoms with E-state index in [1.54, 1.807) is 0 Å². The molecule has 0 saturated carbocycles. The normalized spacial score (nSPS) is 30.4. The number of fused-ring (bicyclic) bond motifs is 2. The fraction of sp³-hybridized carbons (Fsp3) is 0.550. The highest BCUT2D eigenvalue weighted by molar-refractivity contribution is 6.23. The molecule has 4 heteroatoms. The molecular weight excluding hydrogens is 304 g/mol. The van der Waals surface area contributed by atoms with Gasteiger partial charge in [0.2, 0.25) is 0 Å². The standard InChI is InChI=1S/C20H24O4/c1-10(2)14-9-16(21)17-13(18(14)22)5-6-15-11(3)12(19(23)24)7-8-20(15,17)4/h9-10,15H,5-8H2,1-4H3,(H,23,24). The van der Waals surface area contributed by atoms with Crippen LogP contribution in [-0.4, -0.2) is 22.6 Å². The maximum Gasteiger partial charge on any atom is 0.331 e. The maximum absolute atomic E-state index is 12.9. The van der Waals surface area contributed by atoms with Crippen LogP contribution in [0.2, 0.25) is 0 Å². The summed E-state index contributed by atoms with van der Waals surface area (Å²) in [6, 6.07) is 0. The van der Waals surface area contributed by atoms with E-state index < -0.39 is 11.4 Å². The van der Waals surface area contributed by atoms with Gasteiger partial charge in [0, 0.05) is 27.7 Å². The largest absolute Gasteiger partial charge is 0.478 e. The van der Waals surface area contributed by atoms with Crippen LogP contribution < -0.4 is 0 Å². The minimum absolute atomic E-state index is 0.0185. The third-order valence-electron chi connectivity index (χ3n) is 6.17. The van der Waals surface area contributed by atoms with Gasteiger partial charge in [-0.05, 0) is 50.5 Å². The first kappa shape index (κ1) is 16.9. The summed E-state index contributed by atoms with van der Waals surface area (Å²) >= 11 is 0. The predicted molar refractivity (Wildman–Crippen MR) is 90.4 cm³/mol. The molecule has 0 saturated heterocycles. The Hall–Kier alpha value is -1.97. The average Bonchev–Trinajstić information content (AvgIpc) is 2.49. The van der Waals surface area contributed by atoms with E-state index >= 15 is 0 Å². The van der Waals surface area contributed by atoms with Gasteiger partial charge >= 0.3 is 5.97 Å². The maximum atomic E-state index is 12.9. The molecule has 0 radical (unpaired) electrons. The van der Waals surface area contributed by atoms with Crippen molar-refractivity contribution in [2.24, 2.45) is 17.3 Å². The number of ketones is 2. The first-order valence-electron chi connectivity index (χ1n) is 8.65. The molecule has 1 N–H and O–H groups in total. The minimum Gasteiger partial charge on any atom is -0.478 e. The van der Waals surface area contributed by atoms with Gasteiger partial charge in [0.15, 0.2) is 11.6 Å². The summed E-state index contributed by atoms with van der Waals surface area (Å²) in [5.74, 6) is -0.825. The van der Waals surface area contributed by atoms with Crippen LogP contribution in [0.3, 0.4) is 0 Å². The number of Topliss-reactive ketones (excluding diaryl/α,β-unsaturated/α-hetero) is 1. The molecule has 0 heterocycles. The number of allylic oxidation sites excluding steroid dienone is 5. The van der Waals surface area contributed by atoms with Crippen molar-refractivity contribution < 1.29 is 19.5 Å². The summed E-state index contributed by atoms with van der Waals surface area (Å²) in [5.41, 5.74) is 2.86. The molecule has 24 heavy (non-hydrogen) atoms. The summed E-state index contributed by atoms with van der Waals surface area (Å²) in [6.07, 6.45) is 3.88. The molecule has 128 valence electrons. The lowest BCUT2D eigenvalue weighted by molar-refractivity contribution is -0.133. The Balaban J connectivity index is 2.11. The lowest BCUT2D eigenvalue weighted by Crippen LogP contribution is -2.43. The van der Waals surface area contributed by atoms with Gasteiger partial charge in [0.05, 0.1) is 0 Å². The van der Waals surface area contributed by atoms with E-state index in [1.165, 1.54) is 6.08 Å². The minimum atomic E-state index is -0.859. The number of carboxylic acids is 1. The van der Waals surface area contributed by atoms with Gasteiger partial charge in [-0.1, -0.05) is 26.3 Å². The van der Waals surface area contributed by atoms with Crippen molar-refractivity contribution in [3.63, 3.8) is 0 Å². The zero-order valence-corrected chi connectivity index (χ0v) is 14.7. The number of carbonyl (C=O) groups is 3. The van der Waals surface area contributed by atoms with E-state index in [9.17, 15) is 19.5 Å². The summed E-state index contributed by atoms with van der Waals surface area (Å²) in [7, 11) is 0. The van der Waals surface area contributed by atoms with Gasteiger partial charge < -0.3 is 5.11 Å². The molecule has 3 aliphatic rings. The third kappa shape index (κ3) is 2.23. The number of rotatable bonds is 2. The van der Waals surface area contributed by atoms with E-state index in [-0.39, 0.29) is 23.4 Å². The van der Waals surface area contributed by atoms with Crippen LogP contribution in [0, 0.1) is 17.3 Å². The molecule has 0 aromatic heterocycles. The van der Waals surface area contributed by atoms with Crippen molar-refractivity contribution in [2.45, 2.75) is 53.4 Å². The van der Waals surface area contributed by atoms with Crippen LogP contribution >= 0.6 is 0 Å². The van der Waals surface area contributed by atoms with Crippen LogP contribution in [0.15, 0.2) is 33.9 Å². The van der Waals surface area contributed by atoms with Crippen molar-refractivity contribution in [3.05, 3.63) is 33.9 Å². The van der Waals surface area contributed by atoms with E-state index in [0.717, 1.165) is 12.0 Å². The van der Waals surface area contributed by atoms with Crippen LogP contribution in [0.1, 0.15) is 53.4 Å². The quantitative estimate of drug-likeness (QED) is 0.786. The Kier molecular flexibility index (Phi) is 3.89. The third-order valence-corrected chi connectivity index (χ3v) is 6.17. The first-order chi connectivity index (χ1) is 11.2. The van der Waals surface area contributed by atoms with Gasteiger partial charge in [-0.2, -0.15) is 0 Å². The molecule has 0 amide bonds. The topological polar surface area (TPSA) is 71.4 Å². The Morgan fingerprint density at radius 3 is 2.54 bits per heavy atom. The molecule has 2 atom stereocenters. The number of hydrogen-bond acceptors (Lipinski definition) is 3. The molecule has 0 aromatic rings. The van der Waals surface area contributed by atoms with Crippen molar-refractivity contribution in [1.29, 1.82) is 0 Å².